The number of carboxylic acid groups (broad SMARTS) is 1. The van der Waals surface area contributed by atoms with E-state index >= 15 is 0 Å². The number of carbonyl (C=O) groups is 2. The number of likely N-dealkylation sites (tertiary alicyclic amines) is 1. The monoisotopic (exact) mass is 482 g/mol. The zero-order valence-corrected chi connectivity index (χ0v) is 21.4. The summed E-state index contributed by atoms with van der Waals surface area (Å²) in [5, 5.41) is 10.2. The molecule has 1 N–H and O–H groups in total. The summed E-state index contributed by atoms with van der Waals surface area (Å²) in [6.45, 7) is 12.8. The lowest BCUT2D eigenvalue weighted by atomic mass is 9.83. The lowest BCUT2D eigenvalue weighted by molar-refractivity contribution is -0.160. The molecule has 1 unspecified atom stereocenters. The molecule has 2 amide bonds. The van der Waals surface area contributed by atoms with Crippen LogP contribution in [0.2, 0.25) is 0 Å². The highest BCUT2D eigenvalue weighted by molar-refractivity contribution is 5.85. The molecule has 35 heavy (non-hydrogen) atoms. The van der Waals surface area contributed by atoms with Crippen molar-refractivity contribution >= 4 is 12.0 Å². The minimum atomic E-state index is -1.16. The third kappa shape index (κ3) is 4.92. The van der Waals surface area contributed by atoms with Crippen LogP contribution in [0.1, 0.15) is 66.7 Å². The van der Waals surface area contributed by atoms with Gasteiger partial charge in [-0.15, -0.1) is 0 Å². The summed E-state index contributed by atoms with van der Waals surface area (Å²) < 4.78 is 19.9. The number of carbonyl (C=O) groups excluding carboxylic acids is 1. The van der Waals surface area contributed by atoms with E-state index in [0.29, 0.717) is 31.6 Å². The number of alkyl halides is 1. The van der Waals surface area contributed by atoms with Gasteiger partial charge in [-0.25, -0.2) is 14.0 Å². The second-order valence-electron chi connectivity index (χ2n) is 10.8. The average molecular weight is 483 g/mol. The fourth-order valence-electron chi connectivity index (χ4n) is 5.25. The lowest BCUT2D eigenvalue weighted by Crippen LogP contribution is -2.39. The molecule has 2 aromatic carbocycles. The molecule has 2 aromatic rings. The number of ether oxygens (including phenoxy) is 1. The van der Waals surface area contributed by atoms with E-state index in [0.717, 1.165) is 38.9 Å². The van der Waals surface area contributed by atoms with Gasteiger partial charge in [0.1, 0.15) is 6.17 Å². The summed E-state index contributed by atoms with van der Waals surface area (Å²) in [5.41, 5.74) is 6.61. The Kier molecular flexibility index (Phi) is 6.66. The largest absolute Gasteiger partial charge is 0.479 e. The first-order valence-corrected chi connectivity index (χ1v) is 12.2. The van der Waals surface area contributed by atoms with Crippen LogP contribution in [0.15, 0.2) is 24.3 Å². The summed E-state index contributed by atoms with van der Waals surface area (Å²) in [5.74, 6) is -1.05. The summed E-state index contributed by atoms with van der Waals surface area (Å²) in [4.78, 5) is 29.0. The number of aliphatic carboxylic acids is 1. The van der Waals surface area contributed by atoms with Gasteiger partial charge in [-0.1, -0.05) is 29.8 Å². The SMILES string of the molecule is Cc1ccc(-c2c(C)c3c(c(C)c2C(OC(C)(C)C)C(=O)O)CN(C(=O)N2CC[C@H](F)C2)C3)cc1. The average Bonchev–Trinajstić information content (AvgIpc) is 3.41. The fraction of sp³-hybridized carbons (Fsp3) is 0.500. The van der Waals surface area contributed by atoms with Gasteiger partial charge in [-0.05, 0) is 81.3 Å². The zero-order valence-electron chi connectivity index (χ0n) is 21.4. The quantitative estimate of drug-likeness (QED) is 0.607. The molecule has 6 nitrogen and oxygen atoms in total. The molecule has 0 aliphatic carbocycles. The van der Waals surface area contributed by atoms with Gasteiger partial charge in [-0.3, -0.25) is 0 Å². The third-order valence-corrected chi connectivity index (χ3v) is 6.99. The van der Waals surface area contributed by atoms with Gasteiger partial charge >= 0.3 is 12.0 Å². The normalized spacial score (nSPS) is 18.7. The van der Waals surface area contributed by atoms with E-state index in [9.17, 15) is 19.1 Å². The van der Waals surface area contributed by atoms with Gasteiger partial charge in [0, 0.05) is 25.2 Å². The number of carboxylic acids is 1. The van der Waals surface area contributed by atoms with E-state index in [-0.39, 0.29) is 12.6 Å². The lowest BCUT2D eigenvalue weighted by Gasteiger charge is -2.29. The van der Waals surface area contributed by atoms with Crippen LogP contribution in [0.5, 0.6) is 0 Å². The van der Waals surface area contributed by atoms with Crippen molar-refractivity contribution in [3.63, 3.8) is 0 Å². The zero-order chi connectivity index (χ0) is 25.7. The summed E-state index contributed by atoms with van der Waals surface area (Å²) in [6.07, 6.45) is -1.76. The van der Waals surface area contributed by atoms with Crippen molar-refractivity contribution in [2.75, 3.05) is 13.1 Å². The van der Waals surface area contributed by atoms with Gasteiger partial charge in [0.15, 0.2) is 6.10 Å². The van der Waals surface area contributed by atoms with Crippen LogP contribution in [0.4, 0.5) is 9.18 Å². The highest BCUT2D eigenvalue weighted by atomic mass is 19.1. The predicted molar refractivity (Wildman–Crippen MR) is 133 cm³/mol. The van der Waals surface area contributed by atoms with Crippen molar-refractivity contribution in [2.45, 2.75) is 78.9 Å². The first-order valence-electron chi connectivity index (χ1n) is 12.2. The van der Waals surface area contributed by atoms with Crippen molar-refractivity contribution in [3.05, 3.63) is 57.6 Å². The molecule has 4 rings (SSSR count). The Morgan fingerprint density at radius 2 is 1.63 bits per heavy atom. The summed E-state index contributed by atoms with van der Waals surface area (Å²) in [6, 6.07) is 7.87. The van der Waals surface area contributed by atoms with Crippen molar-refractivity contribution in [1.82, 2.24) is 9.80 Å². The van der Waals surface area contributed by atoms with Crippen LogP contribution in [0, 0.1) is 20.8 Å². The van der Waals surface area contributed by atoms with E-state index in [1.165, 1.54) is 0 Å². The predicted octanol–water partition coefficient (Wildman–Crippen LogP) is 5.70. The number of halogens is 1. The molecule has 0 bridgehead atoms. The van der Waals surface area contributed by atoms with E-state index < -0.39 is 23.8 Å². The van der Waals surface area contributed by atoms with Gasteiger partial charge < -0.3 is 19.6 Å². The van der Waals surface area contributed by atoms with Crippen LogP contribution in [-0.4, -0.2) is 51.8 Å². The highest BCUT2D eigenvalue weighted by Crippen LogP contribution is 2.44. The number of hydrogen-bond donors (Lipinski definition) is 1. The second kappa shape index (κ2) is 9.26. The number of rotatable bonds is 4. The van der Waals surface area contributed by atoms with Crippen LogP contribution < -0.4 is 0 Å². The fourth-order valence-corrected chi connectivity index (χ4v) is 5.25. The number of amides is 2. The maximum atomic E-state index is 13.8. The minimum absolute atomic E-state index is 0.129. The first-order chi connectivity index (χ1) is 16.4. The molecule has 188 valence electrons. The van der Waals surface area contributed by atoms with Crippen molar-refractivity contribution in [2.24, 2.45) is 0 Å². The molecule has 2 atom stereocenters. The van der Waals surface area contributed by atoms with Gasteiger partial charge in [0.05, 0.1) is 12.1 Å². The molecule has 0 saturated carbocycles. The van der Waals surface area contributed by atoms with E-state index in [4.69, 9.17) is 4.74 Å². The molecule has 2 heterocycles. The molecule has 0 aromatic heterocycles. The highest BCUT2D eigenvalue weighted by Gasteiger charge is 2.38. The molecular weight excluding hydrogens is 447 g/mol. The molecule has 2 aliphatic heterocycles. The smallest absolute Gasteiger partial charge is 0.337 e. The molecule has 0 spiro atoms. The molecule has 1 saturated heterocycles. The van der Waals surface area contributed by atoms with Crippen LogP contribution in [0.25, 0.3) is 11.1 Å². The summed E-state index contributed by atoms with van der Waals surface area (Å²) in [7, 11) is 0. The van der Waals surface area contributed by atoms with E-state index in [2.05, 4.69) is 0 Å². The maximum absolute atomic E-state index is 13.8. The summed E-state index contributed by atoms with van der Waals surface area (Å²) >= 11 is 0. The Labute approximate surface area is 206 Å². The topological polar surface area (TPSA) is 70.1 Å². The van der Waals surface area contributed by atoms with Crippen LogP contribution in [0.3, 0.4) is 0 Å². The third-order valence-electron chi connectivity index (χ3n) is 6.99. The van der Waals surface area contributed by atoms with Crippen LogP contribution in [-0.2, 0) is 22.6 Å². The standard InChI is InChI=1S/C28H35FN2O4/c1-16-7-9-19(10-8-16)23-17(2)21-14-31(27(34)30-12-11-20(29)13-30)15-22(21)18(3)24(23)25(26(32)33)35-28(4,5)6/h7-10,20,25H,11-15H2,1-6H3,(H,32,33)/t20-,25?/m0/s1. The van der Waals surface area contributed by atoms with E-state index in [1.54, 1.807) is 9.80 Å². The van der Waals surface area contributed by atoms with Crippen LogP contribution >= 0.6 is 0 Å². The van der Waals surface area contributed by atoms with Crippen molar-refractivity contribution in [1.29, 1.82) is 0 Å². The van der Waals surface area contributed by atoms with Gasteiger partial charge in [0.25, 0.3) is 0 Å². The van der Waals surface area contributed by atoms with Crippen molar-refractivity contribution in [3.8, 4) is 11.1 Å². The molecule has 7 heteroatoms. The Balaban J connectivity index is 1.85. The number of fused-ring (bicyclic) bond motifs is 1. The molecular formula is C28H35FN2O4. The molecule has 1 fully saturated rings. The van der Waals surface area contributed by atoms with Crippen molar-refractivity contribution < 1.29 is 23.8 Å². The second-order valence-corrected chi connectivity index (χ2v) is 10.8. The maximum Gasteiger partial charge on any atom is 0.337 e. The number of nitrogens with zero attached hydrogens (tertiary/aromatic N) is 2. The Bertz CT molecular complexity index is 1150. The van der Waals surface area contributed by atoms with Gasteiger partial charge in [-0.2, -0.15) is 0 Å². The number of aryl methyl sites for hydroxylation is 1. The molecule has 0 radical (unpaired) electrons. The Morgan fingerprint density at radius 1 is 1.03 bits per heavy atom. The number of urea groups is 1. The molecule has 2 aliphatic rings. The van der Waals surface area contributed by atoms with E-state index in [1.807, 2.05) is 65.8 Å². The minimum Gasteiger partial charge on any atom is -0.479 e. The number of benzene rings is 2. The number of hydrogen-bond acceptors (Lipinski definition) is 3. The van der Waals surface area contributed by atoms with Gasteiger partial charge in [0.2, 0.25) is 0 Å². The Morgan fingerprint density at radius 3 is 2.14 bits per heavy atom. The Hall–Kier alpha value is -2.93. The first kappa shape index (κ1) is 25.2.